The summed E-state index contributed by atoms with van der Waals surface area (Å²) in [5, 5.41) is 3.47. The Hall–Kier alpha value is -1.42. The van der Waals surface area contributed by atoms with Gasteiger partial charge >= 0.3 is 0 Å². The SMILES string of the molecule is Cc1cc2c(cc1NCC1CC(N)C1)OCO2. The van der Waals surface area contributed by atoms with Crippen LogP contribution in [-0.4, -0.2) is 19.4 Å². The van der Waals surface area contributed by atoms with Crippen molar-refractivity contribution < 1.29 is 9.47 Å². The highest BCUT2D eigenvalue weighted by molar-refractivity contribution is 5.60. The van der Waals surface area contributed by atoms with E-state index in [9.17, 15) is 0 Å². The Kier molecular flexibility index (Phi) is 2.59. The second-order valence-electron chi connectivity index (χ2n) is 5.00. The Labute approximate surface area is 101 Å². The maximum absolute atomic E-state index is 5.78. The summed E-state index contributed by atoms with van der Waals surface area (Å²) < 4.78 is 10.7. The summed E-state index contributed by atoms with van der Waals surface area (Å²) in [5.74, 6) is 2.40. The van der Waals surface area contributed by atoms with Gasteiger partial charge in [-0.1, -0.05) is 0 Å². The Bertz CT molecular complexity index is 428. The largest absolute Gasteiger partial charge is 0.454 e. The number of ether oxygens (including phenoxy) is 2. The number of anilines is 1. The van der Waals surface area contributed by atoms with Crippen molar-refractivity contribution in [2.75, 3.05) is 18.7 Å². The van der Waals surface area contributed by atoms with Gasteiger partial charge in [-0.05, 0) is 37.3 Å². The summed E-state index contributed by atoms with van der Waals surface area (Å²) in [6.07, 6.45) is 2.27. The first-order valence-corrected chi connectivity index (χ1v) is 6.12. The molecule has 4 heteroatoms. The molecule has 0 bridgehead atoms. The Morgan fingerprint density at radius 3 is 2.71 bits per heavy atom. The van der Waals surface area contributed by atoms with Crippen molar-refractivity contribution in [3.8, 4) is 11.5 Å². The second-order valence-corrected chi connectivity index (χ2v) is 5.00. The highest BCUT2D eigenvalue weighted by Gasteiger charge is 2.25. The van der Waals surface area contributed by atoms with Crippen LogP contribution in [-0.2, 0) is 0 Å². The maximum atomic E-state index is 5.78. The van der Waals surface area contributed by atoms with E-state index < -0.39 is 0 Å². The zero-order valence-corrected chi connectivity index (χ0v) is 10.0. The van der Waals surface area contributed by atoms with Crippen LogP contribution in [0.15, 0.2) is 12.1 Å². The molecule has 1 saturated carbocycles. The molecule has 0 atom stereocenters. The Morgan fingerprint density at radius 2 is 2.00 bits per heavy atom. The van der Waals surface area contributed by atoms with E-state index in [2.05, 4.69) is 12.2 Å². The van der Waals surface area contributed by atoms with Crippen LogP contribution >= 0.6 is 0 Å². The van der Waals surface area contributed by atoms with Crippen molar-refractivity contribution >= 4 is 5.69 Å². The number of nitrogens with one attached hydrogen (secondary N) is 1. The maximum Gasteiger partial charge on any atom is 0.231 e. The van der Waals surface area contributed by atoms with E-state index in [0.29, 0.717) is 12.8 Å². The van der Waals surface area contributed by atoms with E-state index in [4.69, 9.17) is 15.2 Å². The molecule has 0 saturated heterocycles. The number of hydrogen-bond donors (Lipinski definition) is 2. The number of fused-ring (bicyclic) bond motifs is 1. The highest BCUT2D eigenvalue weighted by atomic mass is 16.7. The van der Waals surface area contributed by atoms with Crippen molar-refractivity contribution in [1.29, 1.82) is 0 Å². The Balaban J connectivity index is 1.66. The molecule has 1 aliphatic carbocycles. The van der Waals surface area contributed by atoms with Crippen LogP contribution in [0.3, 0.4) is 0 Å². The van der Waals surface area contributed by atoms with E-state index in [1.165, 1.54) is 5.56 Å². The third-order valence-corrected chi connectivity index (χ3v) is 3.57. The molecule has 0 unspecified atom stereocenters. The van der Waals surface area contributed by atoms with Crippen LogP contribution in [0.5, 0.6) is 11.5 Å². The molecule has 1 heterocycles. The first-order valence-electron chi connectivity index (χ1n) is 6.12. The topological polar surface area (TPSA) is 56.5 Å². The van der Waals surface area contributed by atoms with Crippen LogP contribution in [0.4, 0.5) is 5.69 Å². The zero-order chi connectivity index (χ0) is 11.8. The van der Waals surface area contributed by atoms with E-state index in [1.807, 2.05) is 12.1 Å². The lowest BCUT2D eigenvalue weighted by Crippen LogP contribution is -2.39. The summed E-state index contributed by atoms with van der Waals surface area (Å²) in [6.45, 7) is 3.40. The zero-order valence-electron chi connectivity index (χ0n) is 10.0. The fourth-order valence-electron chi connectivity index (χ4n) is 2.44. The van der Waals surface area contributed by atoms with Crippen LogP contribution in [0.1, 0.15) is 18.4 Å². The molecule has 3 N–H and O–H groups in total. The number of rotatable bonds is 3. The van der Waals surface area contributed by atoms with Crippen LogP contribution in [0.25, 0.3) is 0 Å². The minimum absolute atomic E-state index is 0.329. The summed E-state index contributed by atoms with van der Waals surface area (Å²) in [6, 6.07) is 4.47. The van der Waals surface area contributed by atoms with Gasteiger partial charge in [0.1, 0.15) is 0 Å². The van der Waals surface area contributed by atoms with Gasteiger partial charge in [0.25, 0.3) is 0 Å². The van der Waals surface area contributed by atoms with Crippen molar-refractivity contribution in [2.24, 2.45) is 11.7 Å². The van der Waals surface area contributed by atoms with Gasteiger partial charge in [0, 0.05) is 24.3 Å². The highest BCUT2D eigenvalue weighted by Crippen LogP contribution is 2.37. The summed E-state index contributed by atoms with van der Waals surface area (Å²) >= 11 is 0. The molecule has 1 aliphatic heterocycles. The standard InChI is InChI=1S/C13H18N2O2/c1-8-2-12-13(17-7-16-12)5-11(8)15-6-9-3-10(14)4-9/h2,5,9-10,15H,3-4,6-7,14H2,1H3. The predicted octanol–water partition coefficient (Wildman–Crippen LogP) is 1.87. The molecule has 4 nitrogen and oxygen atoms in total. The minimum Gasteiger partial charge on any atom is -0.454 e. The molecule has 92 valence electrons. The van der Waals surface area contributed by atoms with Gasteiger partial charge in [-0.2, -0.15) is 0 Å². The molecular weight excluding hydrogens is 216 g/mol. The molecule has 0 amide bonds. The molecule has 3 rings (SSSR count). The number of aryl methyl sites for hydroxylation is 1. The van der Waals surface area contributed by atoms with E-state index in [0.717, 1.165) is 42.5 Å². The normalized spacial score (nSPS) is 25.5. The van der Waals surface area contributed by atoms with Gasteiger partial charge < -0.3 is 20.5 Å². The van der Waals surface area contributed by atoms with Crippen molar-refractivity contribution in [1.82, 2.24) is 0 Å². The molecule has 1 fully saturated rings. The van der Waals surface area contributed by atoms with Gasteiger partial charge in [-0.25, -0.2) is 0 Å². The van der Waals surface area contributed by atoms with Crippen molar-refractivity contribution in [2.45, 2.75) is 25.8 Å². The third-order valence-electron chi connectivity index (χ3n) is 3.57. The molecule has 1 aromatic carbocycles. The number of nitrogens with two attached hydrogens (primary N) is 1. The van der Waals surface area contributed by atoms with Crippen LogP contribution in [0, 0.1) is 12.8 Å². The third kappa shape index (κ3) is 2.05. The lowest BCUT2D eigenvalue weighted by atomic mass is 9.81. The van der Waals surface area contributed by atoms with Gasteiger partial charge in [-0.15, -0.1) is 0 Å². The molecule has 17 heavy (non-hydrogen) atoms. The first-order chi connectivity index (χ1) is 8.22. The van der Waals surface area contributed by atoms with E-state index >= 15 is 0 Å². The van der Waals surface area contributed by atoms with Gasteiger partial charge in [0.15, 0.2) is 11.5 Å². The summed E-state index contributed by atoms with van der Waals surface area (Å²) in [5.41, 5.74) is 8.10. The lowest BCUT2D eigenvalue weighted by molar-refractivity contribution is 0.174. The second kappa shape index (κ2) is 4.11. The minimum atomic E-state index is 0.329. The first kappa shape index (κ1) is 10.7. The van der Waals surface area contributed by atoms with Crippen molar-refractivity contribution in [3.63, 3.8) is 0 Å². The molecule has 0 spiro atoms. The predicted molar refractivity (Wildman–Crippen MR) is 66.5 cm³/mol. The fourth-order valence-corrected chi connectivity index (χ4v) is 2.44. The molecule has 0 aromatic heterocycles. The van der Waals surface area contributed by atoms with Crippen LogP contribution < -0.4 is 20.5 Å². The van der Waals surface area contributed by atoms with Gasteiger partial charge in [-0.3, -0.25) is 0 Å². The van der Waals surface area contributed by atoms with Gasteiger partial charge in [0.05, 0.1) is 0 Å². The van der Waals surface area contributed by atoms with Crippen LogP contribution in [0.2, 0.25) is 0 Å². The fraction of sp³-hybridized carbons (Fsp3) is 0.538. The Morgan fingerprint density at radius 1 is 1.29 bits per heavy atom. The summed E-state index contributed by atoms with van der Waals surface area (Å²) in [7, 11) is 0. The van der Waals surface area contributed by atoms with E-state index in [1.54, 1.807) is 0 Å². The number of hydrogen-bond acceptors (Lipinski definition) is 4. The molecule has 2 aliphatic rings. The van der Waals surface area contributed by atoms with Gasteiger partial charge in [0.2, 0.25) is 6.79 Å². The quantitative estimate of drug-likeness (QED) is 0.838. The molecule has 1 aromatic rings. The summed E-state index contributed by atoms with van der Waals surface area (Å²) in [4.78, 5) is 0. The molecular formula is C13H18N2O2. The smallest absolute Gasteiger partial charge is 0.231 e. The van der Waals surface area contributed by atoms with E-state index in [-0.39, 0.29) is 0 Å². The number of benzene rings is 1. The average Bonchev–Trinajstić information content (AvgIpc) is 2.69. The van der Waals surface area contributed by atoms with Crippen molar-refractivity contribution in [3.05, 3.63) is 17.7 Å². The average molecular weight is 234 g/mol. The monoisotopic (exact) mass is 234 g/mol. The molecule has 0 radical (unpaired) electrons. The lowest BCUT2D eigenvalue weighted by Gasteiger charge is -2.32.